The summed E-state index contributed by atoms with van der Waals surface area (Å²) in [6, 6.07) is 7.52. The zero-order valence-corrected chi connectivity index (χ0v) is 16.4. The van der Waals surface area contributed by atoms with E-state index in [-0.39, 0.29) is 12.1 Å². The van der Waals surface area contributed by atoms with Gasteiger partial charge in [-0.25, -0.2) is 9.37 Å². The van der Waals surface area contributed by atoms with Crippen molar-refractivity contribution < 1.29 is 17.6 Å². The van der Waals surface area contributed by atoms with E-state index in [0.29, 0.717) is 28.0 Å². The molecule has 3 aromatic heterocycles. The van der Waals surface area contributed by atoms with Gasteiger partial charge in [-0.2, -0.15) is 18.3 Å². The number of pyridine rings is 2. The number of hydrogen-bond acceptors (Lipinski definition) is 4. The monoisotopic (exact) mass is 427 g/mol. The Hall–Kier alpha value is -3.75. The largest absolute Gasteiger partial charge is 0.417 e. The van der Waals surface area contributed by atoms with Crippen LogP contribution in [0.2, 0.25) is 0 Å². The topological polar surface area (TPSA) is 66.5 Å². The molecule has 3 heterocycles. The minimum absolute atomic E-state index is 0.159. The number of aromatic nitrogens is 4. The van der Waals surface area contributed by atoms with Crippen LogP contribution in [-0.2, 0) is 12.6 Å². The molecule has 4 aromatic rings. The lowest BCUT2D eigenvalue weighted by Gasteiger charge is -2.13. The van der Waals surface area contributed by atoms with Crippen LogP contribution in [0, 0.1) is 12.7 Å². The Morgan fingerprint density at radius 2 is 1.94 bits per heavy atom. The molecule has 0 aliphatic rings. The second-order valence-electron chi connectivity index (χ2n) is 7.12. The van der Waals surface area contributed by atoms with Crippen LogP contribution in [0.1, 0.15) is 16.8 Å². The number of aromatic amines is 1. The van der Waals surface area contributed by atoms with Gasteiger partial charge in [-0.15, -0.1) is 0 Å². The molecule has 0 saturated heterocycles. The third-order valence-corrected chi connectivity index (χ3v) is 4.75. The van der Waals surface area contributed by atoms with Crippen LogP contribution in [0.5, 0.6) is 0 Å². The van der Waals surface area contributed by atoms with E-state index in [4.69, 9.17) is 0 Å². The summed E-state index contributed by atoms with van der Waals surface area (Å²) in [5.74, 6) is -0.437. The summed E-state index contributed by atoms with van der Waals surface area (Å²) >= 11 is 0. The van der Waals surface area contributed by atoms with E-state index in [0.717, 1.165) is 23.3 Å². The van der Waals surface area contributed by atoms with Crippen molar-refractivity contribution in [2.24, 2.45) is 0 Å². The summed E-state index contributed by atoms with van der Waals surface area (Å²) in [6.07, 6.45) is -0.685. The van der Waals surface area contributed by atoms with Crippen LogP contribution in [0.25, 0.3) is 22.2 Å². The van der Waals surface area contributed by atoms with Crippen LogP contribution in [-0.4, -0.2) is 20.2 Å². The number of alkyl halides is 3. The average Bonchev–Trinajstić information content (AvgIpc) is 3.08. The zero-order valence-electron chi connectivity index (χ0n) is 16.4. The van der Waals surface area contributed by atoms with E-state index in [9.17, 15) is 17.6 Å². The Bertz CT molecular complexity index is 1280. The molecule has 0 aliphatic heterocycles. The van der Waals surface area contributed by atoms with E-state index in [2.05, 4.69) is 32.1 Å². The Balaban J connectivity index is 1.50. The maximum absolute atomic E-state index is 14.8. The number of rotatable bonds is 5. The number of nitrogens with one attached hydrogen (secondary N) is 2. The highest BCUT2D eigenvalue weighted by Gasteiger charge is 2.31. The Kier molecular flexibility index (Phi) is 5.18. The number of halogens is 4. The second kappa shape index (κ2) is 7.82. The molecule has 5 nitrogen and oxygen atoms in total. The minimum Gasteiger partial charge on any atom is -0.358 e. The van der Waals surface area contributed by atoms with Gasteiger partial charge in [0.1, 0.15) is 5.82 Å². The molecule has 31 heavy (non-hydrogen) atoms. The Labute approximate surface area is 174 Å². The molecule has 0 fully saturated rings. The van der Waals surface area contributed by atoms with Crippen LogP contribution in [0.3, 0.4) is 0 Å². The molecule has 0 spiro atoms. The van der Waals surface area contributed by atoms with Gasteiger partial charge in [0.2, 0.25) is 0 Å². The first-order chi connectivity index (χ1) is 14.7. The van der Waals surface area contributed by atoms with Crippen molar-refractivity contribution in [3.63, 3.8) is 0 Å². The number of H-pyrrole nitrogens is 1. The maximum atomic E-state index is 14.8. The summed E-state index contributed by atoms with van der Waals surface area (Å²) in [6.45, 7) is 5.68. The quantitative estimate of drug-likeness (QED) is 0.404. The smallest absolute Gasteiger partial charge is 0.358 e. The van der Waals surface area contributed by atoms with Gasteiger partial charge >= 0.3 is 6.18 Å². The molecule has 2 N–H and O–H groups in total. The van der Waals surface area contributed by atoms with Gasteiger partial charge in [-0.05, 0) is 30.7 Å². The zero-order chi connectivity index (χ0) is 22.2. The highest BCUT2D eigenvalue weighted by Crippen LogP contribution is 2.30. The van der Waals surface area contributed by atoms with Crippen molar-refractivity contribution in [2.45, 2.75) is 19.5 Å². The molecule has 0 saturated carbocycles. The van der Waals surface area contributed by atoms with Gasteiger partial charge in [0.15, 0.2) is 5.65 Å². The van der Waals surface area contributed by atoms with Crippen molar-refractivity contribution in [1.29, 1.82) is 0 Å². The number of aryl methyl sites for hydroxylation is 1. The summed E-state index contributed by atoms with van der Waals surface area (Å²) in [4.78, 5) is 7.84. The lowest BCUT2D eigenvalue weighted by atomic mass is 10.0. The third-order valence-electron chi connectivity index (χ3n) is 4.75. The first-order valence-corrected chi connectivity index (χ1v) is 9.27. The fourth-order valence-electron chi connectivity index (χ4n) is 3.23. The van der Waals surface area contributed by atoms with Gasteiger partial charge in [-0.1, -0.05) is 18.7 Å². The Morgan fingerprint density at radius 3 is 2.68 bits per heavy atom. The number of anilines is 1. The average molecular weight is 427 g/mol. The second-order valence-corrected chi connectivity index (χ2v) is 7.12. The third kappa shape index (κ3) is 4.40. The molecular weight excluding hydrogens is 410 g/mol. The van der Waals surface area contributed by atoms with Crippen LogP contribution < -0.4 is 5.32 Å². The van der Waals surface area contributed by atoms with Crippen molar-refractivity contribution in [3.8, 4) is 11.1 Å². The van der Waals surface area contributed by atoms with Crippen molar-refractivity contribution >= 4 is 16.7 Å². The number of fused-ring (bicyclic) bond motifs is 1. The summed E-state index contributed by atoms with van der Waals surface area (Å²) in [5.41, 5.74) is 2.73. The van der Waals surface area contributed by atoms with Crippen LogP contribution in [0.15, 0.2) is 61.2 Å². The number of allylic oxidation sites excluding steroid dienone is 1. The lowest BCUT2D eigenvalue weighted by molar-refractivity contribution is -0.137. The lowest BCUT2D eigenvalue weighted by Crippen LogP contribution is -2.08. The van der Waals surface area contributed by atoms with Gasteiger partial charge in [0.25, 0.3) is 0 Å². The highest BCUT2D eigenvalue weighted by atomic mass is 19.4. The minimum atomic E-state index is -4.49. The summed E-state index contributed by atoms with van der Waals surface area (Å²) in [7, 11) is 0. The summed E-state index contributed by atoms with van der Waals surface area (Å²) < 4.78 is 53.3. The molecule has 9 heteroatoms. The SMILES string of the molecule is C=C(Cc1ccc(-c2cnc3n[nH]c(C)c3c2)c(F)c1)Nc1cncc(C(F)(F)F)c1. The predicted molar refractivity (Wildman–Crippen MR) is 110 cm³/mol. The normalized spacial score (nSPS) is 11.6. The molecule has 1 aromatic carbocycles. The molecule has 0 amide bonds. The molecular formula is C22H17F4N5. The van der Waals surface area contributed by atoms with E-state index >= 15 is 0 Å². The molecule has 0 atom stereocenters. The molecule has 0 aliphatic carbocycles. The number of benzene rings is 1. The van der Waals surface area contributed by atoms with Crippen molar-refractivity contribution in [3.05, 3.63) is 83.8 Å². The molecule has 4 rings (SSSR count). The van der Waals surface area contributed by atoms with E-state index in [1.165, 1.54) is 12.3 Å². The van der Waals surface area contributed by atoms with Gasteiger partial charge in [-0.3, -0.25) is 10.1 Å². The summed E-state index contributed by atoms with van der Waals surface area (Å²) in [5, 5.41) is 10.5. The standard InChI is InChI=1S/C22H17F4N5/c1-12(29-17-8-16(10-27-11-17)22(24,25)26)5-14-3-4-18(20(23)6-14)15-7-19-13(2)30-31-21(19)28-9-15/h3-4,6-11,29H,1,5H2,2H3,(H,28,30,31). The molecule has 0 radical (unpaired) electrons. The fraction of sp³-hybridized carbons (Fsp3) is 0.136. The Morgan fingerprint density at radius 1 is 1.13 bits per heavy atom. The molecule has 0 unspecified atom stereocenters. The van der Waals surface area contributed by atoms with Crippen molar-refractivity contribution in [2.75, 3.05) is 5.32 Å². The van der Waals surface area contributed by atoms with Crippen molar-refractivity contribution in [1.82, 2.24) is 20.2 Å². The van der Waals surface area contributed by atoms with E-state index in [1.54, 1.807) is 18.3 Å². The predicted octanol–water partition coefficient (Wildman–Crippen LogP) is 5.65. The maximum Gasteiger partial charge on any atom is 0.417 e. The first-order valence-electron chi connectivity index (χ1n) is 9.27. The van der Waals surface area contributed by atoms with Crippen LogP contribution in [0.4, 0.5) is 23.2 Å². The number of hydrogen-bond donors (Lipinski definition) is 2. The first kappa shape index (κ1) is 20.5. The van der Waals surface area contributed by atoms with E-state index < -0.39 is 17.6 Å². The van der Waals surface area contributed by atoms with Gasteiger partial charge in [0, 0.05) is 46.7 Å². The highest BCUT2D eigenvalue weighted by molar-refractivity contribution is 5.83. The van der Waals surface area contributed by atoms with Gasteiger partial charge in [0.05, 0.1) is 17.4 Å². The fourth-order valence-corrected chi connectivity index (χ4v) is 3.23. The van der Waals surface area contributed by atoms with E-state index in [1.807, 2.05) is 13.0 Å². The molecule has 158 valence electrons. The molecule has 0 bridgehead atoms. The van der Waals surface area contributed by atoms with Crippen LogP contribution >= 0.6 is 0 Å². The van der Waals surface area contributed by atoms with Gasteiger partial charge < -0.3 is 5.32 Å². The number of nitrogens with zero attached hydrogens (tertiary/aromatic N) is 3.